The largest absolute Gasteiger partial charge is 0.355 e. The molecule has 0 bridgehead atoms. The van der Waals surface area contributed by atoms with Gasteiger partial charge in [0.15, 0.2) is 0 Å². The molecule has 1 aliphatic rings. The van der Waals surface area contributed by atoms with Crippen LogP contribution in [0.2, 0.25) is 0 Å². The molecule has 0 aromatic heterocycles. The third-order valence-corrected chi connectivity index (χ3v) is 5.85. The molecule has 0 spiro atoms. The minimum atomic E-state index is -3.46. The van der Waals surface area contributed by atoms with Gasteiger partial charge in [-0.1, -0.05) is 30.3 Å². The molecule has 1 fully saturated rings. The van der Waals surface area contributed by atoms with E-state index in [2.05, 4.69) is 10.0 Å². The van der Waals surface area contributed by atoms with Crippen molar-refractivity contribution in [3.05, 3.63) is 35.9 Å². The van der Waals surface area contributed by atoms with Gasteiger partial charge in [0.25, 0.3) is 0 Å². The standard InChI is InChI=1S/C18H28N4O4S/c1-21(2)18(24)22-11-8-16(9-12-22)17(23)19-10-13-27(25,26)20-14-15-6-4-3-5-7-15/h3-7,16,20H,8-14H2,1-2H3,(H,19,23). The molecule has 1 aromatic rings. The SMILES string of the molecule is CN(C)C(=O)N1CCC(C(=O)NCCS(=O)(=O)NCc2ccccc2)CC1. The number of rotatable bonds is 7. The van der Waals surface area contributed by atoms with Crippen LogP contribution in [0.25, 0.3) is 0 Å². The van der Waals surface area contributed by atoms with Crippen molar-refractivity contribution in [1.82, 2.24) is 19.8 Å². The van der Waals surface area contributed by atoms with Crippen LogP contribution >= 0.6 is 0 Å². The monoisotopic (exact) mass is 396 g/mol. The number of nitrogens with one attached hydrogen (secondary N) is 2. The maximum Gasteiger partial charge on any atom is 0.319 e. The molecule has 0 saturated carbocycles. The van der Waals surface area contributed by atoms with E-state index >= 15 is 0 Å². The summed E-state index contributed by atoms with van der Waals surface area (Å²) in [4.78, 5) is 27.4. The number of hydrogen-bond acceptors (Lipinski definition) is 4. The summed E-state index contributed by atoms with van der Waals surface area (Å²) in [5.41, 5.74) is 0.879. The fraction of sp³-hybridized carbons (Fsp3) is 0.556. The summed E-state index contributed by atoms with van der Waals surface area (Å²) < 4.78 is 26.6. The molecule has 0 atom stereocenters. The first-order valence-electron chi connectivity index (χ1n) is 9.03. The predicted molar refractivity (Wildman–Crippen MR) is 103 cm³/mol. The van der Waals surface area contributed by atoms with Crippen LogP contribution in [-0.4, -0.2) is 69.6 Å². The lowest BCUT2D eigenvalue weighted by Gasteiger charge is -2.33. The molecule has 8 nitrogen and oxygen atoms in total. The smallest absolute Gasteiger partial charge is 0.319 e. The van der Waals surface area contributed by atoms with Crippen LogP contribution in [-0.2, 0) is 21.4 Å². The van der Waals surface area contributed by atoms with Crippen LogP contribution in [0.3, 0.4) is 0 Å². The molecule has 1 aliphatic heterocycles. The van der Waals surface area contributed by atoms with Crippen LogP contribution in [0.15, 0.2) is 30.3 Å². The van der Waals surface area contributed by atoms with Gasteiger partial charge in [-0.25, -0.2) is 17.9 Å². The van der Waals surface area contributed by atoms with Gasteiger partial charge in [-0.3, -0.25) is 4.79 Å². The van der Waals surface area contributed by atoms with E-state index in [-0.39, 0.29) is 36.7 Å². The quantitative estimate of drug-likeness (QED) is 0.706. The van der Waals surface area contributed by atoms with Gasteiger partial charge in [0.05, 0.1) is 5.75 Å². The zero-order valence-electron chi connectivity index (χ0n) is 15.8. The van der Waals surface area contributed by atoms with Gasteiger partial charge in [0, 0.05) is 46.2 Å². The average molecular weight is 397 g/mol. The zero-order chi connectivity index (χ0) is 19.9. The van der Waals surface area contributed by atoms with Crippen molar-refractivity contribution in [2.45, 2.75) is 19.4 Å². The molecule has 3 amide bonds. The molecule has 1 aromatic carbocycles. The topological polar surface area (TPSA) is 98.8 Å². The van der Waals surface area contributed by atoms with E-state index in [1.54, 1.807) is 19.0 Å². The fourth-order valence-corrected chi connectivity index (χ4v) is 3.83. The summed E-state index contributed by atoms with van der Waals surface area (Å²) in [5, 5.41) is 2.70. The Labute approximate surface area is 161 Å². The van der Waals surface area contributed by atoms with E-state index in [0.29, 0.717) is 25.9 Å². The van der Waals surface area contributed by atoms with E-state index in [0.717, 1.165) is 5.56 Å². The number of amides is 3. The van der Waals surface area contributed by atoms with Crippen molar-refractivity contribution in [2.75, 3.05) is 39.5 Å². The van der Waals surface area contributed by atoms with Gasteiger partial charge in [0.2, 0.25) is 15.9 Å². The highest BCUT2D eigenvalue weighted by Crippen LogP contribution is 2.18. The Bertz CT molecular complexity index is 729. The normalized spacial score (nSPS) is 15.4. The molecule has 9 heteroatoms. The summed E-state index contributed by atoms with van der Waals surface area (Å²) in [6.45, 7) is 1.37. The highest BCUT2D eigenvalue weighted by atomic mass is 32.2. The van der Waals surface area contributed by atoms with Crippen molar-refractivity contribution in [2.24, 2.45) is 5.92 Å². The maximum absolute atomic E-state index is 12.2. The van der Waals surface area contributed by atoms with Crippen molar-refractivity contribution < 1.29 is 18.0 Å². The van der Waals surface area contributed by atoms with Crippen molar-refractivity contribution in [3.63, 3.8) is 0 Å². The number of likely N-dealkylation sites (tertiary alicyclic amines) is 1. The Balaban J connectivity index is 1.69. The molecule has 27 heavy (non-hydrogen) atoms. The lowest BCUT2D eigenvalue weighted by molar-refractivity contribution is -0.126. The summed E-state index contributed by atoms with van der Waals surface area (Å²) >= 11 is 0. The molecule has 0 radical (unpaired) electrons. The van der Waals surface area contributed by atoms with Gasteiger partial charge >= 0.3 is 6.03 Å². The molecule has 0 aliphatic carbocycles. The second-order valence-electron chi connectivity index (χ2n) is 6.85. The van der Waals surface area contributed by atoms with Crippen molar-refractivity contribution in [3.8, 4) is 0 Å². The number of urea groups is 1. The number of piperidine rings is 1. The highest BCUT2D eigenvalue weighted by molar-refractivity contribution is 7.89. The fourth-order valence-electron chi connectivity index (χ4n) is 2.93. The number of carbonyl (C=O) groups excluding carboxylic acids is 2. The summed E-state index contributed by atoms with van der Waals surface area (Å²) in [6.07, 6.45) is 1.18. The third-order valence-electron chi connectivity index (χ3n) is 4.53. The summed E-state index contributed by atoms with van der Waals surface area (Å²) in [7, 11) is -0.0553. The van der Waals surface area contributed by atoms with Crippen molar-refractivity contribution in [1.29, 1.82) is 0 Å². The van der Waals surface area contributed by atoms with Crippen LogP contribution < -0.4 is 10.0 Å². The first-order valence-corrected chi connectivity index (χ1v) is 10.7. The molecule has 2 N–H and O–H groups in total. The Morgan fingerprint density at radius 3 is 2.37 bits per heavy atom. The van der Waals surface area contributed by atoms with Crippen LogP contribution in [0, 0.1) is 5.92 Å². The first-order chi connectivity index (χ1) is 12.8. The minimum absolute atomic E-state index is 0.0514. The van der Waals surface area contributed by atoms with Crippen LogP contribution in [0.5, 0.6) is 0 Å². The van der Waals surface area contributed by atoms with Gasteiger partial charge in [-0.15, -0.1) is 0 Å². The number of hydrogen-bond donors (Lipinski definition) is 2. The molecule has 150 valence electrons. The molecule has 2 rings (SSSR count). The van der Waals surface area contributed by atoms with Gasteiger partial charge in [-0.2, -0.15) is 0 Å². The Kier molecular flexibility index (Phi) is 7.61. The van der Waals surface area contributed by atoms with E-state index < -0.39 is 10.0 Å². The highest BCUT2D eigenvalue weighted by Gasteiger charge is 2.27. The Morgan fingerprint density at radius 2 is 1.78 bits per heavy atom. The first kappa shape index (κ1) is 21.2. The van der Waals surface area contributed by atoms with Crippen molar-refractivity contribution >= 4 is 22.0 Å². The Hall–Kier alpha value is -2.13. The number of nitrogens with zero attached hydrogens (tertiary/aromatic N) is 2. The minimum Gasteiger partial charge on any atom is -0.355 e. The Morgan fingerprint density at radius 1 is 1.15 bits per heavy atom. The van der Waals surface area contributed by atoms with E-state index in [9.17, 15) is 18.0 Å². The van der Waals surface area contributed by atoms with Gasteiger partial charge in [-0.05, 0) is 18.4 Å². The number of benzene rings is 1. The summed E-state index contributed by atoms with van der Waals surface area (Å²) in [5.74, 6) is -0.495. The summed E-state index contributed by atoms with van der Waals surface area (Å²) in [6, 6.07) is 9.20. The van der Waals surface area contributed by atoms with E-state index in [1.807, 2.05) is 30.3 Å². The maximum atomic E-state index is 12.2. The predicted octanol–water partition coefficient (Wildman–Crippen LogP) is 0.616. The lowest BCUT2D eigenvalue weighted by Crippen LogP contribution is -2.47. The van der Waals surface area contributed by atoms with Crippen LogP contribution in [0.1, 0.15) is 18.4 Å². The molecular weight excluding hydrogens is 368 g/mol. The second kappa shape index (κ2) is 9.70. The average Bonchev–Trinajstić information content (AvgIpc) is 2.66. The number of carbonyl (C=O) groups is 2. The molecular formula is C18H28N4O4S. The third kappa shape index (κ3) is 6.84. The van der Waals surface area contributed by atoms with Gasteiger partial charge in [0.1, 0.15) is 0 Å². The zero-order valence-corrected chi connectivity index (χ0v) is 16.7. The van der Waals surface area contributed by atoms with Crippen LogP contribution in [0.4, 0.5) is 4.79 Å². The van der Waals surface area contributed by atoms with E-state index in [1.165, 1.54) is 4.90 Å². The number of sulfonamides is 1. The van der Waals surface area contributed by atoms with Gasteiger partial charge < -0.3 is 15.1 Å². The molecule has 1 saturated heterocycles. The second-order valence-corrected chi connectivity index (χ2v) is 8.78. The molecule has 1 heterocycles. The van der Waals surface area contributed by atoms with E-state index in [4.69, 9.17) is 0 Å². The lowest BCUT2D eigenvalue weighted by atomic mass is 9.96. The molecule has 0 unspecified atom stereocenters.